The second kappa shape index (κ2) is 11.7. The highest BCUT2D eigenvalue weighted by Crippen LogP contribution is 2.24. The van der Waals surface area contributed by atoms with E-state index in [1.807, 2.05) is 31.2 Å². The Morgan fingerprint density at radius 1 is 1.03 bits per heavy atom. The van der Waals surface area contributed by atoms with E-state index < -0.39 is 0 Å². The number of ether oxygens (including phenoxy) is 1. The minimum Gasteiger partial charge on any atom is -0.495 e. The number of hydrogen-bond donors (Lipinski definition) is 2. The summed E-state index contributed by atoms with van der Waals surface area (Å²) in [7, 11) is 1.57. The fourth-order valence-corrected chi connectivity index (χ4v) is 4.06. The molecule has 0 atom stereocenters. The summed E-state index contributed by atoms with van der Waals surface area (Å²) < 4.78 is 5.38. The maximum absolute atomic E-state index is 13.3. The smallest absolute Gasteiger partial charge is 0.322 e. The van der Waals surface area contributed by atoms with Crippen LogP contribution in [0.2, 0.25) is 0 Å². The lowest BCUT2D eigenvalue weighted by Crippen LogP contribution is -2.38. The summed E-state index contributed by atoms with van der Waals surface area (Å²) in [5.41, 5.74) is 4.09. The molecule has 7 nitrogen and oxygen atoms in total. The van der Waals surface area contributed by atoms with Crippen LogP contribution in [0.25, 0.3) is 10.9 Å². The fraction of sp³-hybridized carbons (Fsp3) is 0.407. The summed E-state index contributed by atoms with van der Waals surface area (Å²) >= 11 is 0. The van der Waals surface area contributed by atoms with Crippen molar-refractivity contribution in [2.45, 2.75) is 40.7 Å². The first-order valence-electron chi connectivity index (χ1n) is 11.9. The summed E-state index contributed by atoms with van der Waals surface area (Å²) in [6, 6.07) is 13.0. The second-order valence-electron chi connectivity index (χ2n) is 8.58. The molecule has 0 saturated carbocycles. The van der Waals surface area contributed by atoms with Crippen LogP contribution in [-0.2, 0) is 6.54 Å². The molecule has 1 heterocycles. The number of urea groups is 1. The number of aromatic amines is 1. The molecule has 0 spiro atoms. The number of hydrogen-bond acceptors (Lipinski definition) is 4. The van der Waals surface area contributed by atoms with Crippen LogP contribution in [0.4, 0.5) is 10.5 Å². The molecule has 0 aliphatic rings. The number of pyridine rings is 1. The van der Waals surface area contributed by atoms with Crippen molar-refractivity contribution in [3.05, 3.63) is 69.5 Å². The van der Waals surface area contributed by atoms with Gasteiger partial charge in [-0.05, 0) is 86.7 Å². The van der Waals surface area contributed by atoms with Crippen molar-refractivity contribution >= 4 is 22.6 Å². The molecule has 0 aliphatic heterocycles. The number of anilines is 1. The van der Waals surface area contributed by atoms with Gasteiger partial charge in [0.25, 0.3) is 5.56 Å². The third kappa shape index (κ3) is 6.17. The number of amides is 2. The van der Waals surface area contributed by atoms with Crippen LogP contribution in [0, 0.1) is 13.8 Å². The van der Waals surface area contributed by atoms with Crippen LogP contribution in [0.1, 0.15) is 37.0 Å². The molecule has 0 aliphatic carbocycles. The summed E-state index contributed by atoms with van der Waals surface area (Å²) in [5.74, 6) is 0.591. The van der Waals surface area contributed by atoms with Crippen LogP contribution in [-0.4, -0.2) is 54.1 Å². The van der Waals surface area contributed by atoms with Crippen LogP contribution >= 0.6 is 0 Å². The van der Waals surface area contributed by atoms with Crippen molar-refractivity contribution in [2.24, 2.45) is 0 Å². The van der Waals surface area contributed by atoms with Crippen molar-refractivity contribution in [2.75, 3.05) is 38.6 Å². The molecule has 2 aromatic carbocycles. The highest BCUT2D eigenvalue weighted by Gasteiger charge is 2.18. The molecule has 7 heteroatoms. The first-order valence-corrected chi connectivity index (χ1v) is 11.9. The van der Waals surface area contributed by atoms with E-state index in [9.17, 15) is 9.59 Å². The molecule has 34 heavy (non-hydrogen) atoms. The number of carbonyl (C=O) groups excluding carboxylic acids is 1. The van der Waals surface area contributed by atoms with E-state index in [0.717, 1.165) is 48.1 Å². The van der Waals surface area contributed by atoms with Gasteiger partial charge in [0.1, 0.15) is 5.75 Å². The third-order valence-electron chi connectivity index (χ3n) is 6.33. The summed E-state index contributed by atoms with van der Waals surface area (Å²) in [6.45, 7) is 11.9. The lowest BCUT2D eigenvalue weighted by atomic mass is 10.0. The third-order valence-corrected chi connectivity index (χ3v) is 6.33. The SMILES string of the molecule is CCN(CC)CCCN(Cc1cc2cc(C)c(C)cc2[nH]c1=O)C(=O)Nc1ccccc1OC. The van der Waals surface area contributed by atoms with Crippen LogP contribution in [0.3, 0.4) is 0 Å². The van der Waals surface area contributed by atoms with E-state index in [1.54, 1.807) is 24.1 Å². The van der Waals surface area contributed by atoms with Crippen LogP contribution in [0.15, 0.2) is 47.3 Å². The predicted octanol–water partition coefficient (Wildman–Crippen LogP) is 4.92. The van der Waals surface area contributed by atoms with Crippen molar-refractivity contribution in [3.63, 3.8) is 0 Å². The number of rotatable bonds is 10. The number of fused-ring (bicyclic) bond motifs is 1. The number of carbonyl (C=O) groups is 1. The van der Waals surface area contributed by atoms with E-state index in [1.165, 1.54) is 0 Å². The van der Waals surface area contributed by atoms with Gasteiger partial charge in [-0.3, -0.25) is 4.79 Å². The maximum atomic E-state index is 13.3. The van der Waals surface area contributed by atoms with Crippen LogP contribution in [0.5, 0.6) is 5.75 Å². The Kier molecular flexibility index (Phi) is 8.71. The first kappa shape index (κ1) is 25.3. The highest BCUT2D eigenvalue weighted by molar-refractivity contribution is 5.91. The molecule has 0 saturated heterocycles. The molecule has 3 aromatic rings. The first-order chi connectivity index (χ1) is 16.4. The lowest BCUT2D eigenvalue weighted by molar-refractivity contribution is 0.202. The Labute approximate surface area is 201 Å². The summed E-state index contributed by atoms with van der Waals surface area (Å²) in [6.07, 6.45) is 0.810. The zero-order valence-electron chi connectivity index (χ0n) is 20.9. The second-order valence-corrected chi connectivity index (χ2v) is 8.58. The van der Waals surface area contributed by atoms with Gasteiger partial charge in [-0.1, -0.05) is 26.0 Å². The standard InChI is InChI=1S/C27H36N4O3/c1-6-30(7-2)13-10-14-31(27(33)29-23-11-8-9-12-25(23)34-5)18-22-17-21-15-19(3)20(4)16-24(21)28-26(22)32/h8-9,11-12,15-17H,6-7,10,13-14,18H2,1-5H3,(H,28,32)(H,29,33). The topological polar surface area (TPSA) is 77.7 Å². The molecule has 2 amide bonds. The number of H-pyrrole nitrogens is 1. The molecule has 0 unspecified atom stereocenters. The van der Waals surface area contributed by atoms with E-state index in [0.29, 0.717) is 23.5 Å². The summed E-state index contributed by atoms with van der Waals surface area (Å²) in [5, 5.41) is 3.92. The monoisotopic (exact) mass is 464 g/mol. The predicted molar refractivity (Wildman–Crippen MR) is 139 cm³/mol. The fourth-order valence-electron chi connectivity index (χ4n) is 4.06. The molecule has 3 rings (SSSR count). The average molecular weight is 465 g/mol. The lowest BCUT2D eigenvalue weighted by Gasteiger charge is -2.25. The molecule has 182 valence electrons. The minimum absolute atomic E-state index is 0.172. The van der Waals surface area contributed by atoms with Gasteiger partial charge in [-0.15, -0.1) is 0 Å². The van der Waals surface area contributed by atoms with E-state index in [2.05, 4.69) is 42.0 Å². The van der Waals surface area contributed by atoms with Gasteiger partial charge in [-0.25, -0.2) is 4.79 Å². The van der Waals surface area contributed by atoms with Gasteiger partial charge in [-0.2, -0.15) is 0 Å². The Bertz CT molecular complexity index is 1180. The number of aromatic nitrogens is 1. The maximum Gasteiger partial charge on any atom is 0.322 e. The number of nitrogens with zero attached hydrogens (tertiary/aromatic N) is 2. The number of para-hydroxylation sites is 2. The number of benzene rings is 2. The van der Waals surface area contributed by atoms with Gasteiger partial charge in [0, 0.05) is 17.6 Å². The zero-order chi connectivity index (χ0) is 24.7. The van der Waals surface area contributed by atoms with Crippen molar-refractivity contribution in [1.82, 2.24) is 14.8 Å². The Morgan fingerprint density at radius 3 is 2.44 bits per heavy atom. The van der Waals surface area contributed by atoms with Crippen LogP contribution < -0.4 is 15.6 Å². The van der Waals surface area contributed by atoms with E-state index in [4.69, 9.17) is 4.74 Å². The zero-order valence-corrected chi connectivity index (χ0v) is 20.9. The normalized spacial score (nSPS) is 11.1. The number of methoxy groups -OCH3 is 1. The van der Waals surface area contributed by atoms with Gasteiger partial charge in [0.15, 0.2) is 0 Å². The Balaban J connectivity index is 1.86. The Hall–Kier alpha value is -3.32. The number of nitrogens with one attached hydrogen (secondary N) is 2. The van der Waals surface area contributed by atoms with Crippen molar-refractivity contribution in [3.8, 4) is 5.75 Å². The average Bonchev–Trinajstić information content (AvgIpc) is 2.83. The van der Waals surface area contributed by atoms with Crippen molar-refractivity contribution in [1.29, 1.82) is 0 Å². The molecule has 0 radical (unpaired) electrons. The van der Waals surface area contributed by atoms with Gasteiger partial charge < -0.3 is 24.8 Å². The molecular weight excluding hydrogens is 428 g/mol. The van der Waals surface area contributed by atoms with Gasteiger partial charge >= 0.3 is 6.03 Å². The quantitative estimate of drug-likeness (QED) is 0.446. The Morgan fingerprint density at radius 2 is 1.74 bits per heavy atom. The van der Waals surface area contributed by atoms with E-state index >= 15 is 0 Å². The van der Waals surface area contributed by atoms with Gasteiger partial charge in [0.05, 0.1) is 19.3 Å². The minimum atomic E-state index is -0.261. The summed E-state index contributed by atoms with van der Waals surface area (Å²) in [4.78, 5) is 33.2. The molecular formula is C27H36N4O3. The van der Waals surface area contributed by atoms with Gasteiger partial charge in [0.2, 0.25) is 0 Å². The number of aryl methyl sites for hydroxylation is 2. The van der Waals surface area contributed by atoms with Crippen molar-refractivity contribution < 1.29 is 9.53 Å². The molecule has 0 fully saturated rings. The van der Waals surface area contributed by atoms with E-state index in [-0.39, 0.29) is 18.1 Å². The molecule has 2 N–H and O–H groups in total. The molecule has 1 aromatic heterocycles. The molecule has 0 bridgehead atoms. The highest BCUT2D eigenvalue weighted by atomic mass is 16.5. The largest absolute Gasteiger partial charge is 0.495 e.